The smallest absolute Gasteiger partial charge is 0.273 e. The Morgan fingerprint density at radius 3 is 2.62 bits per heavy atom. The highest BCUT2D eigenvalue weighted by atomic mass is 16.6. The van der Waals surface area contributed by atoms with E-state index in [1.54, 1.807) is 0 Å². The van der Waals surface area contributed by atoms with Crippen LogP contribution in [0.15, 0.2) is 18.2 Å². The van der Waals surface area contributed by atoms with Gasteiger partial charge in [-0.15, -0.1) is 0 Å². The molecule has 0 saturated carbocycles. The summed E-state index contributed by atoms with van der Waals surface area (Å²) in [5.41, 5.74) is -0.361. The summed E-state index contributed by atoms with van der Waals surface area (Å²) < 4.78 is 10.7. The molecule has 0 radical (unpaired) electrons. The van der Waals surface area contributed by atoms with Crippen LogP contribution in [0.3, 0.4) is 0 Å². The van der Waals surface area contributed by atoms with Gasteiger partial charge in [-0.25, -0.2) is 0 Å². The minimum Gasteiger partial charge on any atom is -0.493 e. The zero-order valence-electron chi connectivity index (χ0n) is 12.6. The summed E-state index contributed by atoms with van der Waals surface area (Å²) in [4.78, 5) is 10.3. The van der Waals surface area contributed by atoms with E-state index in [9.17, 15) is 10.1 Å². The van der Waals surface area contributed by atoms with Gasteiger partial charge in [0.1, 0.15) is 0 Å². The van der Waals surface area contributed by atoms with Crippen molar-refractivity contribution in [3.63, 3.8) is 0 Å². The topological polar surface area (TPSA) is 85.4 Å². The fourth-order valence-corrected chi connectivity index (χ4v) is 1.80. The van der Waals surface area contributed by atoms with Crippen molar-refractivity contribution in [3.8, 4) is 17.6 Å². The van der Waals surface area contributed by atoms with E-state index in [1.165, 1.54) is 25.3 Å². The van der Waals surface area contributed by atoms with E-state index < -0.39 is 4.92 Å². The summed E-state index contributed by atoms with van der Waals surface area (Å²) in [6.45, 7) is 4.23. The van der Waals surface area contributed by atoms with Crippen LogP contribution < -0.4 is 9.47 Å². The van der Waals surface area contributed by atoms with Crippen LogP contribution in [0.1, 0.15) is 33.1 Å². The van der Waals surface area contributed by atoms with Crippen LogP contribution in [0.2, 0.25) is 0 Å². The van der Waals surface area contributed by atoms with Gasteiger partial charge < -0.3 is 9.47 Å². The maximum Gasteiger partial charge on any atom is 0.273 e. The average molecular weight is 292 g/mol. The lowest BCUT2D eigenvalue weighted by Crippen LogP contribution is -2.08. The standard InChI is InChI=1S/C15H20N2O4/c1-15(2,11-16)8-4-5-9-21-14-10-12(17(18)19)6-7-13(14)20-3/h6-7,10H,4-5,8-9H2,1-3H3. The summed E-state index contributed by atoms with van der Waals surface area (Å²) in [5, 5.41) is 19.7. The first kappa shape index (κ1) is 16.8. The fraction of sp³-hybridized carbons (Fsp3) is 0.533. The quantitative estimate of drug-likeness (QED) is 0.414. The second kappa shape index (κ2) is 7.48. The minimum absolute atomic E-state index is 0.0311. The SMILES string of the molecule is COc1ccc([N+](=O)[O-])cc1OCCCCC(C)(C)C#N. The van der Waals surface area contributed by atoms with E-state index in [1.807, 2.05) is 13.8 Å². The van der Waals surface area contributed by atoms with Crippen LogP contribution in [-0.4, -0.2) is 18.6 Å². The molecule has 1 aromatic carbocycles. The van der Waals surface area contributed by atoms with Gasteiger partial charge in [-0.1, -0.05) is 0 Å². The van der Waals surface area contributed by atoms with E-state index in [0.29, 0.717) is 18.1 Å². The molecular formula is C15H20N2O4. The monoisotopic (exact) mass is 292 g/mol. The largest absolute Gasteiger partial charge is 0.493 e. The third-order valence-electron chi connectivity index (χ3n) is 3.11. The van der Waals surface area contributed by atoms with Gasteiger partial charge in [-0.3, -0.25) is 10.1 Å². The van der Waals surface area contributed by atoms with Crippen molar-refractivity contribution in [2.75, 3.05) is 13.7 Å². The molecule has 21 heavy (non-hydrogen) atoms. The van der Waals surface area contributed by atoms with Crippen molar-refractivity contribution < 1.29 is 14.4 Å². The van der Waals surface area contributed by atoms with Gasteiger partial charge >= 0.3 is 0 Å². The zero-order valence-corrected chi connectivity index (χ0v) is 12.6. The fourth-order valence-electron chi connectivity index (χ4n) is 1.80. The van der Waals surface area contributed by atoms with Gasteiger partial charge in [0, 0.05) is 6.07 Å². The number of nitrogens with zero attached hydrogens (tertiary/aromatic N) is 2. The minimum atomic E-state index is -0.470. The third-order valence-corrected chi connectivity index (χ3v) is 3.11. The normalized spacial score (nSPS) is 10.8. The van der Waals surface area contributed by atoms with Crippen molar-refractivity contribution in [2.45, 2.75) is 33.1 Å². The van der Waals surface area contributed by atoms with Crippen molar-refractivity contribution in [2.24, 2.45) is 5.41 Å². The number of ether oxygens (including phenoxy) is 2. The second-order valence-corrected chi connectivity index (χ2v) is 5.39. The van der Waals surface area contributed by atoms with E-state index in [-0.39, 0.29) is 11.1 Å². The Hall–Kier alpha value is -2.29. The Morgan fingerprint density at radius 1 is 1.33 bits per heavy atom. The van der Waals surface area contributed by atoms with E-state index >= 15 is 0 Å². The lowest BCUT2D eigenvalue weighted by molar-refractivity contribution is -0.385. The van der Waals surface area contributed by atoms with Crippen LogP contribution in [0.5, 0.6) is 11.5 Å². The van der Waals surface area contributed by atoms with E-state index in [2.05, 4.69) is 6.07 Å². The predicted octanol–water partition coefficient (Wildman–Crippen LogP) is 3.70. The van der Waals surface area contributed by atoms with E-state index in [0.717, 1.165) is 19.3 Å². The van der Waals surface area contributed by atoms with Gasteiger partial charge in [0.2, 0.25) is 0 Å². The Kier molecular flexibility index (Phi) is 5.97. The number of benzene rings is 1. The molecule has 114 valence electrons. The predicted molar refractivity (Wildman–Crippen MR) is 78.4 cm³/mol. The summed E-state index contributed by atoms with van der Waals surface area (Å²) in [7, 11) is 1.49. The highest BCUT2D eigenvalue weighted by molar-refractivity contribution is 5.48. The number of methoxy groups -OCH3 is 1. The number of non-ortho nitro benzene ring substituents is 1. The number of hydrogen-bond donors (Lipinski definition) is 0. The average Bonchev–Trinajstić information content (AvgIpc) is 2.46. The van der Waals surface area contributed by atoms with E-state index in [4.69, 9.17) is 14.7 Å². The van der Waals surface area contributed by atoms with Gasteiger partial charge in [-0.05, 0) is 39.2 Å². The Bertz CT molecular complexity index is 535. The molecule has 0 N–H and O–H groups in total. The van der Waals surface area contributed by atoms with Crippen molar-refractivity contribution in [1.29, 1.82) is 5.26 Å². The highest BCUT2D eigenvalue weighted by Gasteiger charge is 2.16. The summed E-state index contributed by atoms with van der Waals surface area (Å²) >= 11 is 0. The first-order chi connectivity index (χ1) is 9.89. The third kappa shape index (κ3) is 5.30. The molecule has 1 rings (SSSR count). The molecule has 0 fully saturated rings. The molecule has 0 aliphatic carbocycles. The lowest BCUT2D eigenvalue weighted by atomic mass is 9.89. The van der Waals surface area contributed by atoms with Crippen molar-refractivity contribution >= 4 is 5.69 Å². The Morgan fingerprint density at radius 2 is 2.05 bits per heavy atom. The maximum atomic E-state index is 10.8. The maximum absolute atomic E-state index is 10.8. The highest BCUT2D eigenvalue weighted by Crippen LogP contribution is 2.31. The van der Waals surface area contributed by atoms with Crippen molar-refractivity contribution in [3.05, 3.63) is 28.3 Å². The number of unbranched alkanes of at least 4 members (excludes halogenated alkanes) is 1. The molecule has 0 aliphatic rings. The van der Waals surface area contributed by atoms with Crippen LogP contribution in [0.25, 0.3) is 0 Å². The first-order valence-corrected chi connectivity index (χ1v) is 6.76. The molecule has 0 spiro atoms. The van der Waals surface area contributed by atoms with Gasteiger partial charge in [0.05, 0.1) is 36.2 Å². The molecule has 6 heteroatoms. The number of nitro groups is 1. The van der Waals surface area contributed by atoms with Gasteiger partial charge in [0.15, 0.2) is 11.5 Å². The number of nitriles is 1. The first-order valence-electron chi connectivity index (χ1n) is 6.76. The molecule has 0 aromatic heterocycles. The molecule has 0 bridgehead atoms. The number of nitro benzene ring substituents is 1. The van der Waals surface area contributed by atoms with Crippen LogP contribution in [0.4, 0.5) is 5.69 Å². The molecule has 0 unspecified atom stereocenters. The molecule has 0 amide bonds. The summed E-state index contributed by atoms with van der Waals surface area (Å²) in [6.07, 6.45) is 2.42. The van der Waals surface area contributed by atoms with Crippen LogP contribution in [0, 0.1) is 26.9 Å². The Balaban J connectivity index is 2.53. The summed E-state index contributed by atoms with van der Waals surface area (Å²) in [5.74, 6) is 0.837. The zero-order chi connectivity index (χ0) is 15.9. The number of hydrogen-bond acceptors (Lipinski definition) is 5. The second-order valence-electron chi connectivity index (χ2n) is 5.39. The molecule has 1 aromatic rings. The van der Waals surface area contributed by atoms with Crippen LogP contribution in [-0.2, 0) is 0 Å². The summed E-state index contributed by atoms with van der Waals surface area (Å²) in [6, 6.07) is 6.51. The molecular weight excluding hydrogens is 272 g/mol. The van der Waals surface area contributed by atoms with Crippen molar-refractivity contribution in [1.82, 2.24) is 0 Å². The van der Waals surface area contributed by atoms with Gasteiger partial charge in [-0.2, -0.15) is 5.26 Å². The lowest BCUT2D eigenvalue weighted by Gasteiger charge is -2.15. The van der Waals surface area contributed by atoms with Gasteiger partial charge in [0.25, 0.3) is 5.69 Å². The molecule has 0 heterocycles. The Labute approximate surface area is 124 Å². The van der Waals surface area contributed by atoms with Crippen LogP contribution >= 0.6 is 0 Å². The molecule has 0 saturated heterocycles. The molecule has 0 aliphatic heterocycles. The molecule has 6 nitrogen and oxygen atoms in total. The number of rotatable bonds is 8. The molecule has 0 atom stereocenters.